The fourth-order valence-corrected chi connectivity index (χ4v) is 3.36. The number of fused-ring (bicyclic) bond motifs is 1. The highest BCUT2D eigenvalue weighted by Gasteiger charge is 2.17. The summed E-state index contributed by atoms with van der Waals surface area (Å²) in [6.07, 6.45) is 5.41. The van der Waals surface area contributed by atoms with Crippen LogP contribution in [0.1, 0.15) is 11.4 Å². The molecule has 0 amide bonds. The Morgan fingerprint density at radius 1 is 1.10 bits per heavy atom. The minimum Gasteiger partial charge on any atom is -0.378 e. The number of nitrogens with one attached hydrogen (secondary N) is 2. The van der Waals surface area contributed by atoms with Crippen LogP contribution in [0.2, 0.25) is 0 Å². The molecule has 0 atom stereocenters. The van der Waals surface area contributed by atoms with E-state index in [0.717, 1.165) is 39.8 Å². The highest BCUT2D eigenvalue weighted by molar-refractivity contribution is 5.76. The maximum atomic E-state index is 4.84. The normalized spacial score (nSPS) is 11.2. The summed E-state index contributed by atoms with van der Waals surface area (Å²) < 4.78 is 3.53. The van der Waals surface area contributed by atoms with E-state index in [9.17, 15) is 0 Å². The number of para-hydroxylation sites is 1. The summed E-state index contributed by atoms with van der Waals surface area (Å²) in [7, 11) is 1.90. The van der Waals surface area contributed by atoms with E-state index in [0.29, 0.717) is 6.54 Å². The maximum absolute atomic E-state index is 4.84. The van der Waals surface area contributed by atoms with Crippen LogP contribution in [-0.4, -0.2) is 34.3 Å². The molecule has 2 N–H and O–H groups in total. The van der Waals surface area contributed by atoms with Gasteiger partial charge in [0.1, 0.15) is 23.5 Å². The van der Waals surface area contributed by atoms with E-state index >= 15 is 0 Å². The molecule has 0 fully saturated rings. The van der Waals surface area contributed by atoms with Crippen molar-refractivity contribution >= 4 is 11.3 Å². The van der Waals surface area contributed by atoms with E-state index in [1.165, 1.54) is 5.56 Å². The van der Waals surface area contributed by atoms with Crippen molar-refractivity contribution in [3.63, 3.8) is 0 Å². The second-order valence-corrected chi connectivity index (χ2v) is 6.93. The molecule has 8 heteroatoms. The standard InChI is InChI=1S/C21H20N8/c1-14-5-3-4-6-16(14)22-11-18-25-20(21(26-18)17-9-10-28(2)27-17)15-7-8-19-23-13-24-29(19)12-15/h3-10,12-13,22H,11H2,1-2H3,(H,25,26). The van der Waals surface area contributed by atoms with Gasteiger partial charge in [0.2, 0.25) is 0 Å². The van der Waals surface area contributed by atoms with Crippen LogP contribution >= 0.6 is 0 Å². The highest BCUT2D eigenvalue weighted by atomic mass is 15.3. The Balaban J connectivity index is 1.54. The van der Waals surface area contributed by atoms with Crippen LogP contribution in [-0.2, 0) is 13.6 Å². The van der Waals surface area contributed by atoms with Crippen LogP contribution < -0.4 is 5.32 Å². The Labute approximate surface area is 167 Å². The number of aromatic nitrogens is 7. The summed E-state index contributed by atoms with van der Waals surface area (Å²) in [5.74, 6) is 0.836. The Morgan fingerprint density at radius 3 is 2.83 bits per heavy atom. The maximum Gasteiger partial charge on any atom is 0.155 e. The van der Waals surface area contributed by atoms with Crippen LogP contribution in [0.5, 0.6) is 0 Å². The van der Waals surface area contributed by atoms with Crippen molar-refractivity contribution in [1.29, 1.82) is 0 Å². The van der Waals surface area contributed by atoms with Gasteiger partial charge in [-0.25, -0.2) is 14.5 Å². The molecule has 0 spiro atoms. The third-order valence-corrected chi connectivity index (χ3v) is 4.86. The first-order chi connectivity index (χ1) is 14.2. The lowest BCUT2D eigenvalue weighted by molar-refractivity contribution is 0.770. The van der Waals surface area contributed by atoms with Gasteiger partial charge in [-0.15, -0.1) is 0 Å². The predicted molar refractivity (Wildman–Crippen MR) is 111 cm³/mol. The molecule has 4 heterocycles. The molecule has 0 saturated heterocycles. The number of rotatable bonds is 5. The molecule has 0 saturated carbocycles. The van der Waals surface area contributed by atoms with Crippen molar-refractivity contribution in [2.75, 3.05) is 5.32 Å². The predicted octanol–water partition coefficient (Wildman–Crippen LogP) is 3.44. The topological polar surface area (TPSA) is 88.7 Å². The molecule has 29 heavy (non-hydrogen) atoms. The smallest absolute Gasteiger partial charge is 0.155 e. The average molecular weight is 384 g/mol. The third-order valence-electron chi connectivity index (χ3n) is 4.86. The molecule has 5 rings (SSSR count). The molecular weight excluding hydrogens is 364 g/mol. The minimum atomic E-state index is 0.580. The second-order valence-electron chi connectivity index (χ2n) is 6.93. The van der Waals surface area contributed by atoms with Gasteiger partial charge >= 0.3 is 0 Å². The third kappa shape index (κ3) is 3.25. The molecule has 1 aromatic carbocycles. The number of hydrogen-bond acceptors (Lipinski definition) is 5. The van der Waals surface area contributed by atoms with Crippen LogP contribution in [0.3, 0.4) is 0 Å². The molecule has 0 aliphatic heterocycles. The van der Waals surface area contributed by atoms with Crippen LogP contribution in [0.4, 0.5) is 5.69 Å². The zero-order valence-electron chi connectivity index (χ0n) is 16.2. The second kappa shape index (κ2) is 6.90. The van der Waals surface area contributed by atoms with E-state index in [1.54, 1.807) is 15.5 Å². The zero-order valence-corrected chi connectivity index (χ0v) is 16.2. The summed E-state index contributed by atoms with van der Waals surface area (Å²) in [4.78, 5) is 12.5. The first-order valence-electron chi connectivity index (χ1n) is 9.35. The van der Waals surface area contributed by atoms with Crippen molar-refractivity contribution in [2.24, 2.45) is 7.05 Å². The SMILES string of the molecule is Cc1ccccc1NCc1nc(-c2ccn(C)n2)c(-c2ccc3ncnn3c2)[nH]1. The van der Waals surface area contributed by atoms with Gasteiger partial charge in [0.05, 0.1) is 12.2 Å². The summed E-state index contributed by atoms with van der Waals surface area (Å²) in [5, 5.41) is 12.2. The van der Waals surface area contributed by atoms with Crippen molar-refractivity contribution in [3.05, 3.63) is 72.6 Å². The van der Waals surface area contributed by atoms with Crippen molar-refractivity contribution in [3.8, 4) is 22.6 Å². The van der Waals surface area contributed by atoms with Crippen molar-refractivity contribution in [1.82, 2.24) is 34.3 Å². The van der Waals surface area contributed by atoms with Gasteiger partial charge in [0, 0.05) is 30.7 Å². The molecule has 0 bridgehead atoms. The van der Waals surface area contributed by atoms with Gasteiger partial charge in [-0.05, 0) is 36.8 Å². The molecule has 0 unspecified atom stereocenters. The quantitative estimate of drug-likeness (QED) is 0.485. The van der Waals surface area contributed by atoms with E-state index in [-0.39, 0.29) is 0 Å². The number of anilines is 1. The monoisotopic (exact) mass is 384 g/mol. The molecule has 0 aliphatic rings. The Hall–Kier alpha value is -3.94. The van der Waals surface area contributed by atoms with Gasteiger partial charge < -0.3 is 10.3 Å². The Morgan fingerprint density at radius 2 is 2.00 bits per heavy atom. The van der Waals surface area contributed by atoms with E-state index < -0.39 is 0 Å². The number of hydrogen-bond donors (Lipinski definition) is 2. The lowest BCUT2D eigenvalue weighted by Gasteiger charge is -2.07. The molecular formula is C21H20N8. The number of benzene rings is 1. The Bertz CT molecular complexity index is 1290. The lowest BCUT2D eigenvalue weighted by Crippen LogP contribution is -2.02. The minimum absolute atomic E-state index is 0.580. The van der Waals surface area contributed by atoms with Crippen LogP contribution in [0, 0.1) is 6.92 Å². The number of aromatic amines is 1. The molecule has 8 nitrogen and oxygen atoms in total. The fraction of sp³-hybridized carbons (Fsp3) is 0.143. The van der Waals surface area contributed by atoms with Crippen molar-refractivity contribution in [2.45, 2.75) is 13.5 Å². The highest BCUT2D eigenvalue weighted by Crippen LogP contribution is 2.29. The number of pyridine rings is 1. The van der Waals surface area contributed by atoms with Crippen molar-refractivity contribution < 1.29 is 0 Å². The van der Waals surface area contributed by atoms with Gasteiger partial charge in [-0.3, -0.25) is 4.68 Å². The number of nitrogens with zero attached hydrogens (tertiary/aromatic N) is 6. The molecule has 5 aromatic rings. The molecule has 4 aromatic heterocycles. The number of aryl methyl sites for hydroxylation is 2. The van der Waals surface area contributed by atoms with Crippen LogP contribution in [0.25, 0.3) is 28.3 Å². The average Bonchev–Trinajstić information content (AvgIpc) is 3.45. The lowest BCUT2D eigenvalue weighted by atomic mass is 10.1. The summed E-state index contributed by atoms with van der Waals surface area (Å²) >= 11 is 0. The number of H-pyrrole nitrogens is 1. The Kier molecular flexibility index (Phi) is 4.09. The first-order valence-corrected chi connectivity index (χ1v) is 9.35. The summed E-state index contributed by atoms with van der Waals surface area (Å²) in [5.41, 5.74) is 6.59. The molecule has 0 aliphatic carbocycles. The molecule has 0 radical (unpaired) electrons. The van der Waals surface area contributed by atoms with E-state index in [1.807, 2.05) is 49.8 Å². The zero-order chi connectivity index (χ0) is 19.8. The summed E-state index contributed by atoms with van der Waals surface area (Å²) in [6, 6.07) is 14.1. The largest absolute Gasteiger partial charge is 0.378 e. The van der Waals surface area contributed by atoms with Gasteiger partial charge in [-0.1, -0.05) is 18.2 Å². The van der Waals surface area contributed by atoms with E-state index in [2.05, 4.69) is 44.5 Å². The van der Waals surface area contributed by atoms with Gasteiger partial charge in [0.25, 0.3) is 0 Å². The van der Waals surface area contributed by atoms with Gasteiger partial charge in [-0.2, -0.15) is 10.2 Å². The van der Waals surface area contributed by atoms with Crippen LogP contribution in [0.15, 0.2) is 61.2 Å². The van der Waals surface area contributed by atoms with Gasteiger partial charge in [0.15, 0.2) is 5.65 Å². The number of imidazole rings is 1. The van der Waals surface area contributed by atoms with E-state index in [4.69, 9.17) is 4.98 Å². The summed E-state index contributed by atoms with van der Waals surface area (Å²) in [6.45, 7) is 2.67. The molecule has 144 valence electrons. The first kappa shape index (κ1) is 17.2. The fourth-order valence-electron chi connectivity index (χ4n) is 3.36.